The molecule has 7 heteroatoms. The molecule has 1 aromatic carbocycles. The van der Waals surface area contributed by atoms with Gasteiger partial charge in [-0.3, -0.25) is 14.9 Å². The van der Waals surface area contributed by atoms with Crippen molar-refractivity contribution in [1.29, 1.82) is 0 Å². The van der Waals surface area contributed by atoms with E-state index >= 15 is 0 Å². The summed E-state index contributed by atoms with van der Waals surface area (Å²) >= 11 is 0. The van der Waals surface area contributed by atoms with E-state index in [1.54, 1.807) is 12.1 Å². The zero-order valence-corrected chi connectivity index (χ0v) is 10.7. The number of carbonyl (C=O) groups is 1. The van der Waals surface area contributed by atoms with Crippen LogP contribution in [0, 0.1) is 17.0 Å². The molecule has 3 N–H and O–H groups in total. The summed E-state index contributed by atoms with van der Waals surface area (Å²) in [5, 5.41) is 13.2. The molecule has 0 atom stereocenters. The van der Waals surface area contributed by atoms with Gasteiger partial charge in [0.15, 0.2) is 0 Å². The Morgan fingerprint density at radius 2 is 2.00 bits per heavy atom. The van der Waals surface area contributed by atoms with Gasteiger partial charge in [0.25, 0.3) is 5.91 Å². The van der Waals surface area contributed by atoms with Gasteiger partial charge in [-0.25, -0.2) is 4.98 Å². The van der Waals surface area contributed by atoms with Gasteiger partial charge in [-0.1, -0.05) is 18.2 Å². The molecule has 0 saturated carbocycles. The number of nitrogens with two attached hydrogens (primary N) is 1. The van der Waals surface area contributed by atoms with Crippen molar-refractivity contribution in [2.45, 2.75) is 6.92 Å². The number of aromatic nitrogens is 1. The van der Waals surface area contributed by atoms with Gasteiger partial charge >= 0.3 is 5.69 Å². The average molecular weight is 272 g/mol. The van der Waals surface area contributed by atoms with Gasteiger partial charge < -0.3 is 11.1 Å². The quantitative estimate of drug-likeness (QED) is 0.656. The first-order valence-electron chi connectivity index (χ1n) is 5.77. The zero-order valence-electron chi connectivity index (χ0n) is 10.7. The molecule has 102 valence electrons. The second-order valence-corrected chi connectivity index (χ2v) is 4.13. The highest BCUT2D eigenvalue weighted by Crippen LogP contribution is 2.21. The zero-order chi connectivity index (χ0) is 14.7. The average Bonchev–Trinajstić information content (AvgIpc) is 2.38. The molecule has 7 nitrogen and oxygen atoms in total. The van der Waals surface area contributed by atoms with Crippen LogP contribution in [-0.2, 0) is 0 Å². The first-order valence-corrected chi connectivity index (χ1v) is 5.77. The summed E-state index contributed by atoms with van der Waals surface area (Å²) in [5.74, 6) is -0.414. The summed E-state index contributed by atoms with van der Waals surface area (Å²) in [4.78, 5) is 25.8. The van der Waals surface area contributed by atoms with Crippen LogP contribution >= 0.6 is 0 Å². The van der Waals surface area contributed by atoms with E-state index in [1.165, 1.54) is 12.1 Å². The number of hydrogen-bond acceptors (Lipinski definition) is 5. The molecule has 1 aromatic heterocycles. The number of nitro groups is 1. The number of aryl methyl sites for hydroxylation is 1. The minimum Gasteiger partial charge on any atom is -0.378 e. The van der Waals surface area contributed by atoms with E-state index < -0.39 is 4.92 Å². The smallest absolute Gasteiger partial charge is 0.311 e. The van der Waals surface area contributed by atoms with Crippen LogP contribution in [0.4, 0.5) is 17.3 Å². The molecule has 20 heavy (non-hydrogen) atoms. The number of nitrogen functional groups attached to an aromatic ring is 1. The van der Waals surface area contributed by atoms with Crippen molar-refractivity contribution in [2.75, 3.05) is 11.1 Å². The third kappa shape index (κ3) is 2.72. The Kier molecular flexibility index (Phi) is 3.60. The third-order valence-corrected chi connectivity index (χ3v) is 2.73. The Hall–Kier alpha value is -2.96. The van der Waals surface area contributed by atoms with Gasteiger partial charge in [0, 0.05) is 11.6 Å². The van der Waals surface area contributed by atoms with Gasteiger partial charge in [0.2, 0.25) is 5.82 Å². The topological polar surface area (TPSA) is 111 Å². The minimum atomic E-state index is -0.630. The molecule has 1 heterocycles. The number of rotatable bonds is 3. The molecule has 0 saturated heterocycles. The van der Waals surface area contributed by atoms with Crippen LogP contribution in [-0.4, -0.2) is 15.8 Å². The number of hydrogen-bond donors (Lipinski definition) is 2. The summed E-state index contributed by atoms with van der Waals surface area (Å²) in [6.45, 7) is 1.81. The predicted octanol–water partition coefficient (Wildman–Crippen LogP) is 2.13. The Morgan fingerprint density at radius 3 is 2.60 bits per heavy atom. The van der Waals surface area contributed by atoms with E-state index in [4.69, 9.17) is 5.73 Å². The van der Waals surface area contributed by atoms with Crippen molar-refractivity contribution in [3.05, 3.63) is 57.6 Å². The number of carbonyl (C=O) groups excluding carboxylic acids is 1. The Bertz CT molecular complexity index is 685. The SMILES string of the molecule is Cc1ccccc1C(=O)Nc1ccc([N+](=O)[O-])c(N)n1. The fourth-order valence-corrected chi connectivity index (χ4v) is 1.70. The summed E-state index contributed by atoms with van der Waals surface area (Å²) in [5.41, 5.74) is 6.49. The molecule has 2 aromatic rings. The number of nitrogens with zero attached hydrogens (tertiary/aromatic N) is 2. The number of amides is 1. The van der Waals surface area contributed by atoms with Crippen LogP contribution in [0.15, 0.2) is 36.4 Å². The molecular weight excluding hydrogens is 260 g/mol. The molecule has 0 aliphatic carbocycles. The maximum Gasteiger partial charge on any atom is 0.311 e. The molecule has 0 fully saturated rings. The molecular formula is C13H12N4O3. The Labute approximate surface area is 114 Å². The van der Waals surface area contributed by atoms with Gasteiger partial charge in [0.1, 0.15) is 5.82 Å². The largest absolute Gasteiger partial charge is 0.378 e. The molecule has 0 radical (unpaired) electrons. The molecule has 0 aliphatic rings. The standard InChI is InChI=1S/C13H12N4O3/c1-8-4-2-3-5-9(8)13(18)16-11-7-6-10(17(19)20)12(14)15-11/h2-7H,1H3,(H3,14,15,16,18). The molecule has 0 aliphatic heterocycles. The van der Waals surface area contributed by atoms with Gasteiger partial charge in [-0.05, 0) is 24.6 Å². The van der Waals surface area contributed by atoms with Crippen molar-refractivity contribution in [2.24, 2.45) is 0 Å². The van der Waals surface area contributed by atoms with E-state index in [9.17, 15) is 14.9 Å². The summed E-state index contributed by atoms with van der Waals surface area (Å²) in [7, 11) is 0. The molecule has 0 spiro atoms. The molecule has 0 unspecified atom stereocenters. The fourth-order valence-electron chi connectivity index (χ4n) is 1.70. The third-order valence-electron chi connectivity index (χ3n) is 2.73. The highest BCUT2D eigenvalue weighted by Gasteiger charge is 2.15. The Morgan fingerprint density at radius 1 is 1.30 bits per heavy atom. The van der Waals surface area contributed by atoms with Crippen LogP contribution < -0.4 is 11.1 Å². The van der Waals surface area contributed by atoms with E-state index in [0.717, 1.165) is 5.56 Å². The normalized spacial score (nSPS) is 10.1. The number of pyridine rings is 1. The van der Waals surface area contributed by atoms with Crippen molar-refractivity contribution >= 4 is 23.2 Å². The predicted molar refractivity (Wildman–Crippen MR) is 74.4 cm³/mol. The van der Waals surface area contributed by atoms with Gasteiger partial charge in [-0.2, -0.15) is 0 Å². The minimum absolute atomic E-state index is 0.168. The highest BCUT2D eigenvalue weighted by molar-refractivity contribution is 6.04. The van der Waals surface area contributed by atoms with Gasteiger partial charge in [-0.15, -0.1) is 0 Å². The maximum absolute atomic E-state index is 12.0. The lowest BCUT2D eigenvalue weighted by Gasteiger charge is -2.07. The van der Waals surface area contributed by atoms with Crippen molar-refractivity contribution < 1.29 is 9.72 Å². The van der Waals surface area contributed by atoms with Crippen LogP contribution in [0.2, 0.25) is 0 Å². The van der Waals surface area contributed by atoms with Crippen LogP contribution in [0.5, 0.6) is 0 Å². The van der Waals surface area contributed by atoms with Crippen molar-refractivity contribution in [3.8, 4) is 0 Å². The van der Waals surface area contributed by atoms with Gasteiger partial charge in [0.05, 0.1) is 4.92 Å². The van der Waals surface area contributed by atoms with Crippen molar-refractivity contribution in [3.63, 3.8) is 0 Å². The molecule has 0 bridgehead atoms. The number of anilines is 2. The summed E-state index contributed by atoms with van der Waals surface area (Å²) < 4.78 is 0. The van der Waals surface area contributed by atoms with E-state index in [0.29, 0.717) is 5.56 Å². The number of benzene rings is 1. The lowest BCUT2D eigenvalue weighted by Crippen LogP contribution is -2.14. The second kappa shape index (κ2) is 5.35. The highest BCUT2D eigenvalue weighted by atomic mass is 16.6. The summed E-state index contributed by atoms with van der Waals surface area (Å²) in [6, 6.07) is 9.61. The number of nitrogens with one attached hydrogen (secondary N) is 1. The van der Waals surface area contributed by atoms with E-state index in [-0.39, 0.29) is 23.2 Å². The maximum atomic E-state index is 12.0. The second-order valence-electron chi connectivity index (χ2n) is 4.13. The van der Waals surface area contributed by atoms with E-state index in [1.807, 2.05) is 19.1 Å². The molecule has 1 amide bonds. The molecule has 2 rings (SSSR count). The first-order chi connectivity index (χ1) is 9.49. The monoisotopic (exact) mass is 272 g/mol. The first kappa shape index (κ1) is 13.5. The van der Waals surface area contributed by atoms with Crippen LogP contribution in [0.25, 0.3) is 0 Å². The van der Waals surface area contributed by atoms with Crippen LogP contribution in [0.1, 0.15) is 15.9 Å². The van der Waals surface area contributed by atoms with Crippen molar-refractivity contribution in [1.82, 2.24) is 4.98 Å². The Balaban J connectivity index is 2.23. The summed E-state index contributed by atoms with van der Waals surface area (Å²) in [6.07, 6.45) is 0. The van der Waals surface area contributed by atoms with E-state index in [2.05, 4.69) is 10.3 Å². The lowest BCUT2D eigenvalue weighted by atomic mass is 10.1. The lowest BCUT2D eigenvalue weighted by molar-refractivity contribution is -0.384. The van der Waals surface area contributed by atoms with Crippen LogP contribution in [0.3, 0.4) is 0 Å². The fraction of sp³-hybridized carbons (Fsp3) is 0.0769.